The molecule has 4 heteroatoms. The van der Waals surface area contributed by atoms with Crippen molar-refractivity contribution in [1.29, 1.82) is 5.41 Å². The third-order valence-electron chi connectivity index (χ3n) is 3.66. The summed E-state index contributed by atoms with van der Waals surface area (Å²) >= 11 is 0. The fraction of sp³-hybridized carbons (Fsp3) is 0.529. The van der Waals surface area contributed by atoms with Crippen molar-refractivity contribution < 1.29 is 9.90 Å². The van der Waals surface area contributed by atoms with E-state index in [0.717, 1.165) is 25.8 Å². The van der Waals surface area contributed by atoms with Crippen LogP contribution in [0.5, 0.6) is 0 Å². The molecule has 116 valence electrons. The molecule has 4 nitrogen and oxygen atoms in total. The summed E-state index contributed by atoms with van der Waals surface area (Å²) in [5.74, 6) is -0.943. The van der Waals surface area contributed by atoms with Crippen molar-refractivity contribution in [2.45, 2.75) is 45.6 Å². The smallest absolute Gasteiger partial charge is 0.327 e. The van der Waals surface area contributed by atoms with Crippen molar-refractivity contribution in [3.05, 3.63) is 35.9 Å². The van der Waals surface area contributed by atoms with E-state index < -0.39 is 12.0 Å². The number of hydrogen-bond acceptors (Lipinski definition) is 3. The average molecular weight is 290 g/mol. The van der Waals surface area contributed by atoms with Gasteiger partial charge in [-0.15, -0.1) is 0 Å². The number of carboxylic acid groups (broad SMARTS) is 1. The van der Waals surface area contributed by atoms with Crippen LogP contribution in [0.15, 0.2) is 30.3 Å². The van der Waals surface area contributed by atoms with Crippen molar-refractivity contribution in [1.82, 2.24) is 4.90 Å². The second-order valence-electron chi connectivity index (χ2n) is 5.21. The zero-order valence-electron chi connectivity index (χ0n) is 13.0. The standard InChI is InChI=1S/C17H26N2O2/c1-3-5-6-10-13-19(4-2)16(17(20)21)15(18)14-11-8-7-9-12-14/h7-9,11-12,16,18H,3-6,10,13H2,1-2H3,(H,20,21)/t16-/m0/s1. The van der Waals surface area contributed by atoms with Crippen molar-refractivity contribution in [3.8, 4) is 0 Å². The van der Waals surface area contributed by atoms with Gasteiger partial charge in [-0.25, -0.2) is 0 Å². The third-order valence-corrected chi connectivity index (χ3v) is 3.66. The Balaban J connectivity index is 2.78. The summed E-state index contributed by atoms with van der Waals surface area (Å²) in [6.07, 6.45) is 4.42. The molecule has 21 heavy (non-hydrogen) atoms. The van der Waals surface area contributed by atoms with Gasteiger partial charge in [0.25, 0.3) is 0 Å². The minimum Gasteiger partial charge on any atom is -0.480 e. The zero-order valence-corrected chi connectivity index (χ0v) is 13.0. The fourth-order valence-electron chi connectivity index (χ4n) is 2.45. The number of likely N-dealkylation sites (N-methyl/N-ethyl adjacent to an activating group) is 1. The molecule has 0 radical (unpaired) electrons. The van der Waals surface area contributed by atoms with Crippen LogP contribution in [-0.4, -0.2) is 40.8 Å². The van der Waals surface area contributed by atoms with Gasteiger partial charge >= 0.3 is 5.97 Å². The van der Waals surface area contributed by atoms with E-state index in [-0.39, 0.29) is 5.71 Å². The zero-order chi connectivity index (χ0) is 15.7. The number of nitrogens with one attached hydrogen (secondary N) is 1. The quantitative estimate of drug-likeness (QED) is 0.512. The molecule has 0 spiro atoms. The first kappa shape index (κ1) is 17.4. The minimum atomic E-state index is -0.943. The highest BCUT2D eigenvalue weighted by Crippen LogP contribution is 2.12. The number of benzene rings is 1. The van der Waals surface area contributed by atoms with Gasteiger partial charge in [0.2, 0.25) is 0 Å². The van der Waals surface area contributed by atoms with Gasteiger partial charge in [0.15, 0.2) is 6.04 Å². The van der Waals surface area contributed by atoms with E-state index in [1.54, 1.807) is 12.1 Å². The molecule has 0 saturated heterocycles. The van der Waals surface area contributed by atoms with Crippen LogP contribution >= 0.6 is 0 Å². The molecule has 2 N–H and O–H groups in total. The topological polar surface area (TPSA) is 64.4 Å². The highest BCUT2D eigenvalue weighted by atomic mass is 16.4. The number of carbonyl (C=O) groups is 1. The van der Waals surface area contributed by atoms with Gasteiger partial charge in [-0.3, -0.25) is 9.69 Å². The predicted molar refractivity (Wildman–Crippen MR) is 86.1 cm³/mol. The Morgan fingerprint density at radius 3 is 2.38 bits per heavy atom. The molecule has 0 aliphatic rings. The second-order valence-corrected chi connectivity index (χ2v) is 5.21. The molecule has 0 fully saturated rings. The molecule has 0 unspecified atom stereocenters. The Bertz CT molecular complexity index is 445. The normalized spacial score (nSPS) is 12.3. The van der Waals surface area contributed by atoms with Crippen molar-refractivity contribution in [2.75, 3.05) is 13.1 Å². The monoisotopic (exact) mass is 290 g/mol. The Morgan fingerprint density at radius 2 is 1.86 bits per heavy atom. The molecule has 1 rings (SSSR count). The van der Waals surface area contributed by atoms with Gasteiger partial charge in [-0.05, 0) is 25.1 Å². The number of unbranched alkanes of at least 4 members (excludes halogenated alkanes) is 3. The molecular weight excluding hydrogens is 264 g/mol. The summed E-state index contributed by atoms with van der Waals surface area (Å²) in [6, 6.07) is 8.26. The van der Waals surface area contributed by atoms with Crippen molar-refractivity contribution >= 4 is 11.7 Å². The maximum absolute atomic E-state index is 11.6. The lowest BCUT2D eigenvalue weighted by Crippen LogP contribution is -2.47. The molecule has 0 bridgehead atoms. The Morgan fingerprint density at radius 1 is 1.19 bits per heavy atom. The molecule has 0 aliphatic carbocycles. The van der Waals surface area contributed by atoms with Gasteiger partial charge in [0.05, 0.1) is 5.71 Å². The van der Waals surface area contributed by atoms with Crippen LogP contribution in [0.3, 0.4) is 0 Å². The molecule has 1 aromatic rings. The number of hydrogen-bond donors (Lipinski definition) is 2. The van der Waals surface area contributed by atoms with Crippen LogP contribution in [0.25, 0.3) is 0 Å². The predicted octanol–water partition coefficient (Wildman–Crippen LogP) is 3.41. The van der Waals surface area contributed by atoms with Gasteiger partial charge < -0.3 is 10.5 Å². The van der Waals surface area contributed by atoms with E-state index in [0.29, 0.717) is 12.1 Å². The summed E-state index contributed by atoms with van der Waals surface area (Å²) in [4.78, 5) is 13.5. The van der Waals surface area contributed by atoms with Gasteiger partial charge in [0, 0.05) is 0 Å². The maximum atomic E-state index is 11.6. The van der Waals surface area contributed by atoms with E-state index in [1.807, 2.05) is 30.0 Å². The van der Waals surface area contributed by atoms with Crippen LogP contribution in [0.4, 0.5) is 0 Å². The summed E-state index contributed by atoms with van der Waals surface area (Å²) < 4.78 is 0. The largest absolute Gasteiger partial charge is 0.480 e. The first-order chi connectivity index (χ1) is 10.1. The van der Waals surface area contributed by atoms with Gasteiger partial charge in [0.1, 0.15) is 0 Å². The van der Waals surface area contributed by atoms with Gasteiger partial charge in [-0.1, -0.05) is 63.4 Å². The average Bonchev–Trinajstić information content (AvgIpc) is 2.50. The lowest BCUT2D eigenvalue weighted by atomic mass is 10.0. The Labute approximate surface area is 127 Å². The molecule has 0 heterocycles. The summed E-state index contributed by atoms with van der Waals surface area (Å²) in [6.45, 7) is 5.47. The van der Waals surface area contributed by atoms with E-state index in [9.17, 15) is 9.90 Å². The Kier molecular flexibility index (Phi) is 7.69. The summed E-state index contributed by atoms with van der Waals surface area (Å²) in [5.41, 5.74) is 0.845. The van der Waals surface area contributed by atoms with E-state index >= 15 is 0 Å². The van der Waals surface area contributed by atoms with Gasteiger partial charge in [-0.2, -0.15) is 0 Å². The number of aliphatic carboxylic acids is 1. The molecule has 0 aliphatic heterocycles. The first-order valence-electron chi connectivity index (χ1n) is 7.72. The van der Waals surface area contributed by atoms with Crippen LogP contribution in [-0.2, 0) is 4.79 Å². The van der Waals surface area contributed by atoms with Crippen LogP contribution in [0.2, 0.25) is 0 Å². The minimum absolute atomic E-state index is 0.167. The number of carboxylic acids is 1. The number of rotatable bonds is 10. The SMILES string of the molecule is CCCCCCN(CC)[C@@H](C(=N)c1ccccc1)C(=O)O. The molecular formula is C17H26N2O2. The maximum Gasteiger partial charge on any atom is 0.327 e. The fourth-order valence-corrected chi connectivity index (χ4v) is 2.45. The van der Waals surface area contributed by atoms with E-state index in [2.05, 4.69) is 6.92 Å². The van der Waals surface area contributed by atoms with E-state index in [1.165, 1.54) is 6.42 Å². The molecule has 1 atom stereocenters. The molecule has 0 aromatic heterocycles. The highest BCUT2D eigenvalue weighted by Gasteiger charge is 2.29. The van der Waals surface area contributed by atoms with Crippen LogP contribution < -0.4 is 0 Å². The Hall–Kier alpha value is -1.68. The molecule has 1 aromatic carbocycles. The molecule has 0 amide bonds. The third kappa shape index (κ3) is 5.31. The highest BCUT2D eigenvalue weighted by molar-refractivity contribution is 6.13. The molecule has 0 saturated carbocycles. The van der Waals surface area contributed by atoms with Crippen LogP contribution in [0, 0.1) is 5.41 Å². The second kappa shape index (κ2) is 9.29. The first-order valence-corrected chi connectivity index (χ1v) is 7.72. The van der Waals surface area contributed by atoms with Crippen LogP contribution in [0.1, 0.15) is 45.1 Å². The number of nitrogens with zero attached hydrogens (tertiary/aromatic N) is 1. The van der Waals surface area contributed by atoms with Crippen molar-refractivity contribution in [3.63, 3.8) is 0 Å². The summed E-state index contributed by atoms with van der Waals surface area (Å²) in [5, 5.41) is 17.8. The van der Waals surface area contributed by atoms with E-state index in [4.69, 9.17) is 5.41 Å². The lowest BCUT2D eigenvalue weighted by Gasteiger charge is -2.28. The lowest BCUT2D eigenvalue weighted by molar-refractivity contribution is -0.140. The summed E-state index contributed by atoms with van der Waals surface area (Å²) in [7, 11) is 0. The van der Waals surface area contributed by atoms with Crippen molar-refractivity contribution in [2.24, 2.45) is 0 Å².